The van der Waals surface area contributed by atoms with Gasteiger partial charge in [-0.05, 0) is 51.3 Å². The fourth-order valence-corrected chi connectivity index (χ4v) is 5.34. The normalized spacial score (nSPS) is 25.0. The van der Waals surface area contributed by atoms with E-state index in [0.717, 1.165) is 55.7 Å². The molecule has 1 aromatic carbocycles. The van der Waals surface area contributed by atoms with Gasteiger partial charge >= 0.3 is 0 Å². The monoisotopic (exact) mass is 439 g/mol. The zero-order valence-electron chi connectivity index (χ0n) is 17.8. The number of fused-ring (bicyclic) bond motifs is 3. The number of nitrogens with zero attached hydrogens (tertiary/aromatic N) is 5. The maximum absolute atomic E-state index is 9.10. The molecular weight excluding hydrogens is 414 g/mol. The number of hydrogen-bond acceptors (Lipinski definition) is 7. The number of hydrogen-bond donors (Lipinski definition) is 0. The first kappa shape index (κ1) is 20.5. The quantitative estimate of drug-likeness (QED) is 0.682. The van der Waals surface area contributed by atoms with Crippen molar-refractivity contribution in [1.82, 2.24) is 15.0 Å². The number of aromatic nitrogens is 2. The van der Waals surface area contributed by atoms with Crippen LogP contribution in [0.4, 0.5) is 11.5 Å². The zero-order valence-corrected chi connectivity index (χ0v) is 18.5. The first-order valence-corrected chi connectivity index (χ1v) is 11.3. The third-order valence-corrected chi connectivity index (χ3v) is 6.63. The molecule has 0 aliphatic carbocycles. The van der Waals surface area contributed by atoms with E-state index in [2.05, 4.69) is 39.8 Å². The molecule has 2 saturated heterocycles. The molecule has 0 spiro atoms. The number of rotatable bonds is 5. The number of benzene rings is 1. The SMILES string of the molecule is CC(C)ON1[C@H]2CC[C@H]1CC(Oc1ncnc3c1CCN3c1ccc(C#N)cc1Cl)C2. The Balaban J connectivity index is 1.34. The summed E-state index contributed by atoms with van der Waals surface area (Å²) in [5.41, 5.74) is 2.42. The average molecular weight is 440 g/mol. The van der Waals surface area contributed by atoms with Crippen LogP contribution in [0.5, 0.6) is 5.88 Å². The van der Waals surface area contributed by atoms with Crippen molar-refractivity contribution in [2.75, 3.05) is 11.4 Å². The van der Waals surface area contributed by atoms with E-state index in [1.54, 1.807) is 18.5 Å². The van der Waals surface area contributed by atoms with Gasteiger partial charge in [-0.1, -0.05) is 11.6 Å². The van der Waals surface area contributed by atoms with Crippen molar-refractivity contribution >= 4 is 23.1 Å². The third-order valence-electron chi connectivity index (χ3n) is 6.33. The summed E-state index contributed by atoms with van der Waals surface area (Å²) in [5.74, 6) is 1.51. The van der Waals surface area contributed by atoms with Crippen molar-refractivity contribution in [3.63, 3.8) is 0 Å². The summed E-state index contributed by atoms with van der Waals surface area (Å²) < 4.78 is 6.45. The van der Waals surface area contributed by atoms with Crippen LogP contribution in [-0.4, -0.2) is 45.9 Å². The predicted molar refractivity (Wildman–Crippen MR) is 117 cm³/mol. The van der Waals surface area contributed by atoms with Crippen molar-refractivity contribution in [3.8, 4) is 11.9 Å². The molecule has 31 heavy (non-hydrogen) atoms. The standard InChI is InChI=1S/C23H26ClN5O2/c1-14(2)31-29-16-4-5-17(29)11-18(10-16)30-23-19-7-8-28(22(19)26-13-27-23)21-6-3-15(12-25)9-20(21)24/h3,6,9,13-14,16-18H,4-5,7-8,10-11H2,1-2H3/t16-,17-/m0/s1. The van der Waals surface area contributed by atoms with Gasteiger partial charge in [0, 0.05) is 31.5 Å². The molecule has 3 aliphatic heterocycles. The van der Waals surface area contributed by atoms with Gasteiger partial charge in [0.15, 0.2) is 0 Å². The van der Waals surface area contributed by atoms with Crippen LogP contribution in [0.3, 0.4) is 0 Å². The molecular formula is C23H26ClN5O2. The molecule has 7 nitrogen and oxygen atoms in total. The van der Waals surface area contributed by atoms with Crippen LogP contribution >= 0.6 is 11.6 Å². The highest BCUT2D eigenvalue weighted by molar-refractivity contribution is 6.33. The second-order valence-electron chi connectivity index (χ2n) is 8.77. The Morgan fingerprint density at radius 2 is 1.97 bits per heavy atom. The molecule has 5 rings (SSSR count). The molecule has 0 N–H and O–H groups in total. The van der Waals surface area contributed by atoms with E-state index in [1.165, 1.54) is 0 Å². The summed E-state index contributed by atoms with van der Waals surface area (Å²) in [4.78, 5) is 17.1. The number of halogens is 1. The summed E-state index contributed by atoms with van der Waals surface area (Å²) in [6.07, 6.45) is 6.91. The van der Waals surface area contributed by atoms with Crippen molar-refractivity contribution in [1.29, 1.82) is 5.26 Å². The van der Waals surface area contributed by atoms with Crippen molar-refractivity contribution < 1.29 is 9.57 Å². The Morgan fingerprint density at radius 3 is 2.65 bits per heavy atom. The number of ether oxygens (including phenoxy) is 1. The van der Waals surface area contributed by atoms with Crippen molar-refractivity contribution in [3.05, 3.63) is 40.7 Å². The van der Waals surface area contributed by atoms with Crippen LogP contribution in [0.15, 0.2) is 24.5 Å². The van der Waals surface area contributed by atoms with Gasteiger partial charge in [0.2, 0.25) is 5.88 Å². The maximum Gasteiger partial charge on any atom is 0.222 e. The predicted octanol–water partition coefficient (Wildman–Crippen LogP) is 4.41. The minimum absolute atomic E-state index is 0.135. The minimum Gasteiger partial charge on any atom is -0.474 e. The van der Waals surface area contributed by atoms with Gasteiger partial charge in [0.1, 0.15) is 18.2 Å². The van der Waals surface area contributed by atoms with Crippen LogP contribution in [0.1, 0.15) is 50.7 Å². The molecule has 4 heterocycles. The van der Waals surface area contributed by atoms with Crippen LogP contribution in [0.25, 0.3) is 0 Å². The third kappa shape index (κ3) is 3.84. The summed E-state index contributed by atoms with van der Waals surface area (Å²) in [6, 6.07) is 8.29. The van der Waals surface area contributed by atoms with Gasteiger partial charge < -0.3 is 9.64 Å². The number of nitriles is 1. The number of piperidine rings is 1. The lowest BCUT2D eigenvalue weighted by atomic mass is 10.0. The summed E-state index contributed by atoms with van der Waals surface area (Å²) in [5, 5.41) is 11.9. The van der Waals surface area contributed by atoms with Gasteiger partial charge in [-0.3, -0.25) is 4.84 Å². The van der Waals surface area contributed by atoms with E-state index < -0.39 is 0 Å². The van der Waals surface area contributed by atoms with Crippen LogP contribution < -0.4 is 9.64 Å². The summed E-state index contributed by atoms with van der Waals surface area (Å²) in [6.45, 7) is 4.91. The van der Waals surface area contributed by atoms with Crippen LogP contribution in [0.2, 0.25) is 5.02 Å². The Morgan fingerprint density at radius 1 is 1.19 bits per heavy atom. The molecule has 2 fully saturated rings. The first-order valence-electron chi connectivity index (χ1n) is 11.0. The lowest BCUT2D eigenvalue weighted by Gasteiger charge is -2.38. The minimum atomic E-state index is 0.135. The summed E-state index contributed by atoms with van der Waals surface area (Å²) in [7, 11) is 0. The van der Waals surface area contributed by atoms with Gasteiger partial charge in [-0.15, -0.1) is 0 Å². The smallest absolute Gasteiger partial charge is 0.222 e. The van der Waals surface area contributed by atoms with Crippen LogP contribution in [0, 0.1) is 11.3 Å². The molecule has 0 unspecified atom stereocenters. The molecule has 2 atom stereocenters. The molecule has 1 aromatic heterocycles. The van der Waals surface area contributed by atoms with Gasteiger partial charge in [0.05, 0.1) is 34.0 Å². The number of hydroxylamine groups is 2. The lowest BCUT2D eigenvalue weighted by Crippen LogP contribution is -2.47. The van der Waals surface area contributed by atoms with Gasteiger partial charge in [-0.2, -0.15) is 10.3 Å². The molecule has 0 amide bonds. The second kappa shape index (κ2) is 8.27. The highest BCUT2D eigenvalue weighted by Crippen LogP contribution is 2.42. The van der Waals surface area contributed by atoms with Crippen molar-refractivity contribution in [2.24, 2.45) is 0 Å². The Bertz CT molecular complexity index is 1010. The van der Waals surface area contributed by atoms with E-state index in [9.17, 15) is 0 Å². The second-order valence-corrected chi connectivity index (χ2v) is 9.18. The molecule has 0 radical (unpaired) electrons. The number of anilines is 2. The molecule has 2 bridgehead atoms. The average Bonchev–Trinajstić information content (AvgIpc) is 3.26. The topological polar surface area (TPSA) is 74.5 Å². The Hall–Kier alpha value is -2.40. The maximum atomic E-state index is 9.10. The Labute approximate surface area is 187 Å². The lowest BCUT2D eigenvalue weighted by molar-refractivity contribution is -0.236. The first-order chi connectivity index (χ1) is 15.0. The Kier molecular flexibility index (Phi) is 5.47. The zero-order chi connectivity index (χ0) is 21.5. The summed E-state index contributed by atoms with van der Waals surface area (Å²) >= 11 is 6.45. The fraction of sp³-hybridized carbons (Fsp3) is 0.522. The molecule has 8 heteroatoms. The van der Waals surface area contributed by atoms with Gasteiger partial charge in [-0.25, -0.2) is 9.97 Å². The van der Waals surface area contributed by atoms with E-state index in [-0.39, 0.29) is 12.2 Å². The van der Waals surface area contributed by atoms with Gasteiger partial charge in [0.25, 0.3) is 0 Å². The van der Waals surface area contributed by atoms with Crippen LogP contribution in [-0.2, 0) is 11.3 Å². The van der Waals surface area contributed by atoms with E-state index in [0.29, 0.717) is 28.5 Å². The fourth-order valence-electron chi connectivity index (χ4n) is 5.05. The molecule has 0 saturated carbocycles. The van der Waals surface area contributed by atoms with Crippen molar-refractivity contribution in [2.45, 2.75) is 70.2 Å². The molecule has 162 valence electrons. The highest BCUT2D eigenvalue weighted by Gasteiger charge is 2.43. The highest BCUT2D eigenvalue weighted by atomic mass is 35.5. The largest absolute Gasteiger partial charge is 0.474 e. The van der Waals surface area contributed by atoms with E-state index >= 15 is 0 Å². The molecule has 3 aliphatic rings. The van der Waals surface area contributed by atoms with E-state index in [4.69, 9.17) is 26.4 Å². The van der Waals surface area contributed by atoms with E-state index in [1.807, 2.05) is 6.07 Å². The molecule has 2 aromatic rings.